The first-order valence-electron chi connectivity index (χ1n) is 4.53. The van der Waals surface area contributed by atoms with Crippen LogP contribution in [0.15, 0.2) is 36.0 Å². The van der Waals surface area contributed by atoms with Gasteiger partial charge in [-0.25, -0.2) is 0 Å². The molecule has 0 amide bonds. The predicted octanol–water partition coefficient (Wildman–Crippen LogP) is 3.03. The third-order valence-electron chi connectivity index (χ3n) is 1.99. The summed E-state index contributed by atoms with van der Waals surface area (Å²) in [6, 6.07) is 10.1. The van der Waals surface area contributed by atoms with Crippen molar-refractivity contribution in [3.63, 3.8) is 0 Å². The molecule has 0 saturated carbocycles. The molecule has 0 aromatic heterocycles. The molecule has 1 aromatic carbocycles. The van der Waals surface area contributed by atoms with Gasteiger partial charge in [-0.2, -0.15) is 0 Å². The van der Waals surface area contributed by atoms with Crippen LogP contribution in [0, 0.1) is 5.41 Å². The fourth-order valence-electron chi connectivity index (χ4n) is 0.945. The van der Waals surface area contributed by atoms with Crippen molar-refractivity contribution in [2.75, 3.05) is 0 Å². The van der Waals surface area contributed by atoms with Crippen LogP contribution in [-0.2, 0) is 0 Å². The van der Waals surface area contributed by atoms with Gasteiger partial charge in [0.1, 0.15) is 0 Å². The number of hydrogen-bond donors (Lipinski definition) is 1. The molecule has 0 aliphatic carbocycles. The number of hydrogen-bond acceptors (Lipinski definition) is 1. The van der Waals surface area contributed by atoms with Crippen LogP contribution in [-0.4, -0.2) is 0 Å². The summed E-state index contributed by atoms with van der Waals surface area (Å²) in [4.78, 5) is 0. The van der Waals surface area contributed by atoms with E-state index in [1.807, 2.05) is 24.3 Å². The Morgan fingerprint density at radius 1 is 1.15 bits per heavy atom. The molecular weight excluding hydrogens is 158 g/mol. The lowest BCUT2D eigenvalue weighted by molar-refractivity contribution is 0.501. The van der Waals surface area contributed by atoms with Gasteiger partial charge in [-0.3, -0.25) is 0 Å². The zero-order valence-electron chi connectivity index (χ0n) is 8.54. The number of allylic oxidation sites excluding steroid dienone is 1. The SMILES string of the molecule is CC(C)(C)/C(N)=C/c1ccccc1. The zero-order chi connectivity index (χ0) is 9.90. The minimum absolute atomic E-state index is 0.0514. The molecule has 0 aliphatic rings. The maximum atomic E-state index is 5.94. The molecular formula is C12H17N. The summed E-state index contributed by atoms with van der Waals surface area (Å²) in [5.41, 5.74) is 8.07. The van der Waals surface area contributed by atoms with Gasteiger partial charge in [0, 0.05) is 11.1 Å². The van der Waals surface area contributed by atoms with Crippen molar-refractivity contribution >= 4 is 6.08 Å². The Morgan fingerprint density at radius 2 is 1.69 bits per heavy atom. The maximum Gasteiger partial charge on any atom is 0.0141 e. The van der Waals surface area contributed by atoms with Crippen LogP contribution in [0.25, 0.3) is 6.08 Å². The number of rotatable bonds is 1. The molecule has 1 heteroatoms. The molecule has 0 fully saturated rings. The first-order chi connectivity index (χ1) is 6.00. The van der Waals surface area contributed by atoms with Crippen LogP contribution in [0.1, 0.15) is 26.3 Å². The van der Waals surface area contributed by atoms with E-state index >= 15 is 0 Å². The fourth-order valence-corrected chi connectivity index (χ4v) is 0.945. The van der Waals surface area contributed by atoms with E-state index in [0.29, 0.717) is 0 Å². The molecule has 0 radical (unpaired) electrons. The standard InChI is InChI=1S/C12H17N/c1-12(2,3)11(13)9-10-7-5-4-6-8-10/h4-9H,13H2,1-3H3/b11-9-. The van der Waals surface area contributed by atoms with Gasteiger partial charge in [0.05, 0.1) is 0 Å². The van der Waals surface area contributed by atoms with Gasteiger partial charge < -0.3 is 5.73 Å². The van der Waals surface area contributed by atoms with Crippen LogP contribution < -0.4 is 5.73 Å². The van der Waals surface area contributed by atoms with E-state index in [1.54, 1.807) is 0 Å². The lowest BCUT2D eigenvalue weighted by Gasteiger charge is -2.18. The first-order valence-corrected chi connectivity index (χ1v) is 4.53. The van der Waals surface area contributed by atoms with Crippen LogP contribution in [0.2, 0.25) is 0 Å². The topological polar surface area (TPSA) is 26.0 Å². The van der Waals surface area contributed by atoms with Crippen molar-refractivity contribution < 1.29 is 0 Å². The summed E-state index contributed by atoms with van der Waals surface area (Å²) in [6.07, 6.45) is 2.03. The Kier molecular flexibility index (Phi) is 2.76. The van der Waals surface area contributed by atoms with Gasteiger partial charge in [-0.1, -0.05) is 51.1 Å². The monoisotopic (exact) mass is 175 g/mol. The highest BCUT2D eigenvalue weighted by molar-refractivity contribution is 5.52. The lowest BCUT2D eigenvalue weighted by Crippen LogP contribution is -2.16. The second kappa shape index (κ2) is 3.65. The van der Waals surface area contributed by atoms with E-state index in [1.165, 1.54) is 0 Å². The normalized spacial score (nSPS) is 13.0. The van der Waals surface area contributed by atoms with Crippen LogP contribution >= 0.6 is 0 Å². The third-order valence-corrected chi connectivity index (χ3v) is 1.99. The number of nitrogens with two attached hydrogens (primary N) is 1. The van der Waals surface area contributed by atoms with E-state index in [0.717, 1.165) is 11.3 Å². The molecule has 13 heavy (non-hydrogen) atoms. The highest BCUT2D eigenvalue weighted by Gasteiger charge is 2.12. The second-order valence-corrected chi connectivity index (χ2v) is 4.26. The Balaban J connectivity index is 2.90. The number of benzene rings is 1. The average molecular weight is 175 g/mol. The molecule has 1 rings (SSSR count). The van der Waals surface area contributed by atoms with Crippen molar-refractivity contribution in [3.05, 3.63) is 41.6 Å². The summed E-state index contributed by atoms with van der Waals surface area (Å²) in [5, 5.41) is 0. The van der Waals surface area contributed by atoms with Crippen molar-refractivity contribution in [1.29, 1.82) is 0 Å². The molecule has 0 bridgehead atoms. The van der Waals surface area contributed by atoms with E-state index < -0.39 is 0 Å². The summed E-state index contributed by atoms with van der Waals surface area (Å²) in [5.74, 6) is 0. The molecule has 70 valence electrons. The van der Waals surface area contributed by atoms with E-state index in [-0.39, 0.29) is 5.41 Å². The highest BCUT2D eigenvalue weighted by atomic mass is 14.6. The average Bonchev–Trinajstić information content (AvgIpc) is 2.04. The fraction of sp³-hybridized carbons (Fsp3) is 0.333. The molecule has 0 aliphatic heterocycles. The third kappa shape index (κ3) is 2.94. The summed E-state index contributed by atoms with van der Waals surface area (Å²) < 4.78 is 0. The second-order valence-electron chi connectivity index (χ2n) is 4.26. The van der Waals surface area contributed by atoms with Gasteiger partial charge in [-0.15, -0.1) is 0 Å². The molecule has 0 saturated heterocycles. The molecule has 0 atom stereocenters. The van der Waals surface area contributed by atoms with E-state index in [2.05, 4.69) is 32.9 Å². The minimum Gasteiger partial charge on any atom is -0.402 e. The summed E-state index contributed by atoms with van der Waals surface area (Å²) >= 11 is 0. The predicted molar refractivity (Wildman–Crippen MR) is 58.1 cm³/mol. The molecule has 1 nitrogen and oxygen atoms in total. The summed E-state index contributed by atoms with van der Waals surface area (Å²) in [6.45, 7) is 6.34. The van der Waals surface area contributed by atoms with Crippen molar-refractivity contribution in [2.24, 2.45) is 11.1 Å². The van der Waals surface area contributed by atoms with Gasteiger partial charge in [0.2, 0.25) is 0 Å². The highest BCUT2D eigenvalue weighted by Crippen LogP contribution is 2.22. The van der Waals surface area contributed by atoms with Crippen molar-refractivity contribution in [1.82, 2.24) is 0 Å². The molecule has 0 heterocycles. The lowest BCUT2D eigenvalue weighted by atomic mass is 9.91. The van der Waals surface area contributed by atoms with Crippen molar-refractivity contribution in [3.8, 4) is 0 Å². The van der Waals surface area contributed by atoms with Crippen LogP contribution in [0.5, 0.6) is 0 Å². The van der Waals surface area contributed by atoms with Gasteiger partial charge in [-0.05, 0) is 11.6 Å². The van der Waals surface area contributed by atoms with Crippen LogP contribution in [0.3, 0.4) is 0 Å². The van der Waals surface area contributed by atoms with Gasteiger partial charge in [0.15, 0.2) is 0 Å². The van der Waals surface area contributed by atoms with Gasteiger partial charge >= 0.3 is 0 Å². The van der Waals surface area contributed by atoms with Crippen LogP contribution in [0.4, 0.5) is 0 Å². The molecule has 0 unspecified atom stereocenters. The van der Waals surface area contributed by atoms with E-state index in [4.69, 9.17) is 5.73 Å². The molecule has 1 aromatic rings. The van der Waals surface area contributed by atoms with Crippen molar-refractivity contribution in [2.45, 2.75) is 20.8 Å². The molecule has 2 N–H and O–H groups in total. The Morgan fingerprint density at radius 3 is 2.15 bits per heavy atom. The first kappa shape index (κ1) is 9.85. The van der Waals surface area contributed by atoms with Gasteiger partial charge in [0.25, 0.3) is 0 Å². The Hall–Kier alpha value is -1.24. The Bertz CT molecular complexity index is 291. The molecule has 0 spiro atoms. The smallest absolute Gasteiger partial charge is 0.0141 e. The Labute approximate surface area is 80.3 Å². The summed E-state index contributed by atoms with van der Waals surface area (Å²) in [7, 11) is 0. The minimum atomic E-state index is 0.0514. The zero-order valence-corrected chi connectivity index (χ0v) is 8.54. The largest absolute Gasteiger partial charge is 0.402 e. The van der Waals surface area contributed by atoms with E-state index in [9.17, 15) is 0 Å². The quantitative estimate of drug-likeness (QED) is 0.697. The maximum absolute atomic E-state index is 5.94.